The number of hydrogen-bond acceptors (Lipinski definition) is 4. The molecule has 7 nitrogen and oxygen atoms in total. The van der Waals surface area contributed by atoms with Gasteiger partial charge >= 0.3 is 0 Å². The molecule has 2 aromatic rings. The van der Waals surface area contributed by atoms with Gasteiger partial charge in [-0.1, -0.05) is 12.1 Å². The van der Waals surface area contributed by atoms with E-state index in [0.29, 0.717) is 22.5 Å². The van der Waals surface area contributed by atoms with Crippen LogP contribution in [0, 0.1) is 0 Å². The highest BCUT2D eigenvalue weighted by atomic mass is 16.2. The first-order chi connectivity index (χ1) is 12.4. The fourth-order valence-corrected chi connectivity index (χ4v) is 2.29. The number of rotatable bonds is 6. The maximum Gasteiger partial charge on any atom is 0.253 e. The minimum absolute atomic E-state index is 0.0316. The van der Waals surface area contributed by atoms with E-state index in [1.807, 2.05) is 0 Å². The van der Waals surface area contributed by atoms with Crippen LogP contribution >= 0.6 is 0 Å². The van der Waals surface area contributed by atoms with Crippen LogP contribution in [0.1, 0.15) is 20.7 Å². The van der Waals surface area contributed by atoms with E-state index in [1.54, 1.807) is 69.7 Å². The first kappa shape index (κ1) is 19.0. The molecule has 0 radical (unpaired) electrons. The molecule has 0 unspecified atom stereocenters. The van der Waals surface area contributed by atoms with E-state index in [9.17, 15) is 14.4 Å². The molecular formula is C19H22N4O3. The van der Waals surface area contributed by atoms with Crippen LogP contribution in [0.2, 0.25) is 0 Å². The van der Waals surface area contributed by atoms with Gasteiger partial charge in [-0.2, -0.15) is 0 Å². The molecule has 0 bridgehead atoms. The molecule has 2 rings (SSSR count). The van der Waals surface area contributed by atoms with Crippen molar-refractivity contribution in [3.8, 4) is 0 Å². The van der Waals surface area contributed by atoms with Crippen molar-refractivity contribution in [3.05, 3.63) is 59.7 Å². The lowest BCUT2D eigenvalue weighted by molar-refractivity contribution is -0.114. The van der Waals surface area contributed by atoms with Crippen molar-refractivity contribution in [1.82, 2.24) is 10.2 Å². The van der Waals surface area contributed by atoms with E-state index in [1.165, 1.54) is 4.90 Å². The summed E-state index contributed by atoms with van der Waals surface area (Å²) < 4.78 is 0. The summed E-state index contributed by atoms with van der Waals surface area (Å²) in [4.78, 5) is 37.2. The third-order valence-corrected chi connectivity index (χ3v) is 3.60. The zero-order valence-corrected chi connectivity index (χ0v) is 15.0. The predicted octanol–water partition coefficient (Wildman–Crippen LogP) is 1.80. The van der Waals surface area contributed by atoms with E-state index in [0.717, 1.165) is 0 Å². The predicted molar refractivity (Wildman–Crippen MR) is 101 cm³/mol. The molecule has 0 aliphatic carbocycles. The molecule has 0 saturated heterocycles. The highest BCUT2D eigenvalue weighted by Gasteiger charge is 2.09. The molecule has 0 fully saturated rings. The second-order valence-electron chi connectivity index (χ2n) is 5.84. The monoisotopic (exact) mass is 354 g/mol. The van der Waals surface area contributed by atoms with Gasteiger partial charge in [0.25, 0.3) is 11.8 Å². The maximum atomic E-state index is 12.1. The van der Waals surface area contributed by atoms with E-state index in [4.69, 9.17) is 0 Å². The van der Waals surface area contributed by atoms with Gasteiger partial charge in [-0.05, 0) is 36.4 Å². The van der Waals surface area contributed by atoms with E-state index in [-0.39, 0.29) is 24.3 Å². The number of nitrogens with zero attached hydrogens (tertiary/aromatic N) is 1. The molecule has 0 heterocycles. The summed E-state index contributed by atoms with van der Waals surface area (Å²) >= 11 is 0. The molecule has 0 aromatic heterocycles. The largest absolute Gasteiger partial charge is 0.376 e. The van der Waals surface area contributed by atoms with Gasteiger partial charge < -0.3 is 20.9 Å². The molecule has 2 aromatic carbocycles. The fraction of sp³-hybridized carbons (Fsp3) is 0.211. The molecule has 26 heavy (non-hydrogen) atoms. The average Bonchev–Trinajstić information content (AvgIpc) is 2.65. The number of benzene rings is 2. The van der Waals surface area contributed by atoms with Crippen LogP contribution in [0.15, 0.2) is 48.5 Å². The number of carbonyl (C=O) groups is 3. The Morgan fingerprint density at radius 3 is 2.19 bits per heavy atom. The average molecular weight is 354 g/mol. The van der Waals surface area contributed by atoms with Gasteiger partial charge in [-0.25, -0.2) is 0 Å². The van der Waals surface area contributed by atoms with Gasteiger partial charge in [0.15, 0.2) is 0 Å². The quantitative estimate of drug-likeness (QED) is 0.738. The molecular weight excluding hydrogens is 332 g/mol. The van der Waals surface area contributed by atoms with Crippen LogP contribution in [-0.2, 0) is 4.79 Å². The fourth-order valence-electron chi connectivity index (χ4n) is 2.29. The van der Waals surface area contributed by atoms with Crippen LogP contribution < -0.4 is 16.0 Å². The topological polar surface area (TPSA) is 90.5 Å². The molecule has 3 N–H and O–H groups in total. The summed E-state index contributed by atoms with van der Waals surface area (Å²) in [5.41, 5.74) is 2.22. The third-order valence-electron chi connectivity index (χ3n) is 3.60. The number of nitrogens with one attached hydrogen (secondary N) is 3. The summed E-state index contributed by atoms with van der Waals surface area (Å²) in [5.74, 6) is -0.589. The van der Waals surface area contributed by atoms with Crippen molar-refractivity contribution in [3.63, 3.8) is 0 Å². The van der Waals surface area contributed by atoms with Crippen molar-refractivity contribution < 1.29 is 14.4 Å². The zero-order valence-electron chi connectivity index (χ0n) is 15.0. The zero-order chi connectivity index (χ0) is 19.1. The Hall–Kier alpha value is -3.35. The number of hydrogen-bond donors (Lipinski definition) is 3. The molecule has 136 valence electrons. The minimum atomic E-state index is -0.261. The molecule has 3 amide bonds. The first-order valence-electron chi connectivity index (χ1n) is 8.08. The van der Waals surface area contributed by atoms with E-state index in [2.05, 4.69) is 16.0 Å². The molecule has 0 aliphatic rings. The van der Waals surface area contributed by atoms with Crippen molar-refractivity contribution in [2.45, 2.75) is 0 Å². The summed E-state index contributed by atoms with van der Waals surface area (Å²) in [7, 11) is 4.91. The second-order valence-corrected chi connectivity index (χ2v) is 5.84. The number of anilines is 2. The Balaban J connectivity index is 1.96. The van der Waals surface area contributed by atoms with Gasteiger partial charge in [0.05, 0.1) is 6.54 Å². The van der Waals surface area contributed by atoms with Crippen molar-refractivity contribution >= 4 is 29.1 Å². The standard InChI is InChI=1S/C19H22N4O3/c1-20-18(25)13-6-4-9-16(10-13)22-17(24)12-21-15-8-5-7-14(11-15)19(26)23(2)3/h4-11,21H,12H2,1-3H3,(H,20,25)(H,22,24). The second kappa shape index (κ2) is 8.66. The Morgan fingerprint density at radius 2 is 1.54 bits per heavy atom. The first-order valence-corrected chi connectivity index (χ1v) is 8.08. The van der Waals surface area contributed by atoms with E-state index < -0.39 is 0 Å². The summed E-state index contributed by atoms with van der Waals surface area (Å²) in [6.07, 6.45) is 0. The molecule has 0 atom stereocenters. The third kappa shape index (κ3) is 5.07. The molecule has 0 spiro atoms. The normalized spacial score (nSPS) is 9.96. The van der Waals surface area contributed by atoms with Gasteiger partial charge in [-0.15, -0.1) is 0 Å². The SMILES string of the molecule is CNC(=O)c1cccc(NC(=O)CNc2cccc(C(=O)N(C)C)c2)c1. The lowest BCUT2D eigenvalue weighted by atomic mass is 10.2. The molecule has 0 saturated carbocycles. The summed E-state index contributed by atoms with van der Waals surface area (Å²) in [6.45, 7) is 0.0316. The Kier molecular flexibility index (Phi) is 6.32. The number of carbonyl (C=O) groups excluding carboxylic acids is 3. The van der Waals surface area contributed by atoms with Crippen molar-refractivity contribution in [1.29, 1.82) is 0 Å². The van der Waals surface area contributed by atoms with Gasteiger partial charge in [0.2, 0.25) is 5.91 Å². The Bertz CT molecular complexity index is 818. The van der Waals surface area contributed by atoms with Crippen LogP contribution in [-0.4, -0.2) is 50.3 Å². The van der Waals surface area contributed by atoms with Gasteiger partial charge in [0, 0.05) is 43.6 Å². The van der Waals surface area contributed by atoms with Crippen LogP contribution in [0.4, 0.5) is 11.4 Å². The smallest absolute Gasteiger partial charge is 0.253 e. The number of amides is 3. The van der Waals surface area contributed by atoms with E-state index >= 15 is 0 Å². The lowest BCUT2D eigenvalue weighted by Gasteiger charge is -2.12. The maximum absolute atomic E-state index is 12.1. The van der Waals surface area contributed by atoms with Gasteiger partial charge in [0.1, 0.15) is 0 Å². The summed E-state index contributed by atoms with van der Waals surface area (Å²) in [5, 5.41) is 8.25. The van der Waals surface area contributed by atoms with Gasteiger partial charge in [-0.3, -0.25) is 14.4 Å². The highest BCUT2D eigenvalue weighted by Crippen LogP contribution is 2.13. The van der Waals surface area contributed by atoms with Crippen LogP contribution in [0.5, 0.6) is 0 Å². The Morgan fingerprint density at radius 1 is 0.923 bits per heavy atom. The van der Waals surface area contributed by atoms with Crippen molar-refractivity contribution in [2.24, 2.45) is 0 Å². The lowest BCUT2D eigenvalue weighted by Crippen LogP contribution is -2.23. The minimum Gasteiger partial charge on any atom is -0.376 e. The molecule has 7 heteroatoms. The van der Waals surface area contributed by atoms with Crippen LogP contribution in [0.25, 0.3) is 0 Å². The van der Waals surface area contributed by atoms with Crippen molar-refractivity contribution in [2.75, 3.05) is 38.3 Å². The Labute approximate surface area is 152 Å². The summed E-state index contributed by atoms with van der Waals surface area (Å²) in [6, 6.07) is 13.6. The highest BCUT2D eigenvalue weighted by molar-refractivity contribution is 5.98. The molecule has 0 aliphatic heterocycles. The van der Waals surface area contributed by atoms with Crippen LogP contribution in [0.3, 0.4) is 0 Å².